The highest BCUT2D eigenvalue weighted by molar-refractivity contribution is 6.05. The number of hydrogen-bond donors (Lipinski definition) is 2. The smallest absolute Gasteiger partial charge is 0.287 e. The van der Waals surface area contributed by atoms with E-state index in [1.165, 1.54) is 0 Å². The van der Waals surface area contributed by atoms with Crippen LogP contribution in [0.3, 0.4) is 0 Å². The molecule has 0 aliphatic heterocycles. The zero-order chi connectivity index (χ0) is 22.2. The van der Waals surface area contributed by atoms with Crippen molar-refractivity contribution in [3.05, 3.63) is 95.4 Å². The zero-order valence-electron chi connectivity index (χ0n) is 17.7. The van der Waals surface area contributed by atoms with Crippen LogP contribution in [-0.4, -0.2) is 36.7 Å². The Bertz CT molecular complexity index is 1100. The summed E-state index contributed by atoms with van der Waals surface area (Å²) in [7, 11) is 5.79. The van der Waals surface area contributed by atoms with Gasteiger partial charge in [-0.05, 0) is 48.0 Å². The molecule has 2 aromatic carbocycles. The van der Waals surface area contributed by atoms with Crippen molar-refractivity contribution in [2.75, 3.05) is 19.0 Å². The number of hydrogen-bond acceptors (Lipinski definition) is 4. The van der Waals surface area contributed by atoms with Crippen molar-refractivity contribution in [3.8, 4) is 0 Å². The summed E-state index contributed by atoms with van der Waals surface area (Å²) in [6.45, 7) is 0. The van der Waals surface area contributed by atoms with Crippen molar-refractivity contribution in [2.24, 2.45) is 12.1 Å². The summed E-state index contributed by atoms with van der Waals surface area (Å²) < 4.78 is 1.87. The Hall–Kier alpha value is -4.13. The molecule has 1 heterocycles. The second-order valence-corrected chi connectivity index (χ2v) is 7.11. The number of carbonyl (C=O) groups is 2. The lowest BCUT2D eigenvalue weighted by molar-refractivity contribution is -0.117. The van der Waals surface area contributed by atoms with E-state index in [1.807, 2.05) is 79.3 Å². The minimum Gasteiger partial charge on any atom is -0.378 e. The summed E-state index contributed by atoms with van der Waals surface area (Å²) in [4.78, 5) is 27.4. The van der Waals surface area contributed by atoms with E-state index in [1.54, 1.807) is 36.6 Å². The van der Waals surface area contributed by atoms with Crippen molar-refractivity contribution in [1.29, 1.82) is 0 Å². The highest BCUT2D eigenvalue weighted by Crippen LogP contribution is 2.14. The summed E-state index contributed by atoms with van der Waals surface area (Å²) >= 11 is 0. The molecule has 7 heteroatoms. The molecule has 3 aromatic rings. The number of carbonyl (C=O) groups excluding carboxylic acids is 2. The Morgan fingerprint density at radius 2 is 1.68 bits per heavy atom. The van der Waals surface area contributed by atoms with Crippen molar-refractivity contribution >= 4 is 29.8 Å². The third-order valence-corrected chi connectivity index (χ3v) is 4.60. The molecule has 0 aliphatic carbocycles. The molecule has 0 spiro atoms. The normalized spacial score (nSPS) is 11.4. The quantitative estimate of drug-likeness (QED) is 0.354. The van der Waals surface area contributed by atoms with Crippen LogP contribution in [-0.2, 0) is 11.8 Å². The monoisotopic (exact) mass is 415 g/mol. The fourth-order valence-electron chi connectivity index (χ4n) is 2.80. The molecule has 0 atom stereocenters. The van der Waals surface area contributed by atoms with Crippen LogP contribution in [0.5, 0.6) is 0 Å². The van der Waals surface area contributed by atoms with Gasteiger partial charge in [0.2, 0.25) is 0 Å². The van der Waals surface area contributed by atoms with Gasteiger partial charge in [-0.1, -0.05) is 30.3 Å². The van der Waals surface area contributed by atoms with E-state index in [0.717, 1.165) is 16.9 Å². The van der Waals surface area contributed by atoms with Crippen LogP contribution in [0.1, 0.15) is 21.6 Å². The highest BCUT2D eigenvalue weighted by Gasteiger charge is 2.14. The molecule has 0 radical (unpaired) electrons. The maximum atomic E-state index is 12.8. The second kappa shape index (κ2) is 10.1. The van der Waals surface area contributed by atoms with Crippen LogP contribution < -0.4 is 15.6 Å². The van der Waals surface area contributed by atoms with Gasteiger partial charge in [0.25, 0.3) is 11.8 Å². The predicted octanol–water partition coefficient (Wildman–Crippen LogP) is 3.01. The summed E-state index contributed by atoms with van der Waals surface area (Å²) in [5, 5.41) is 6.70. The number of aryl methyl sites for hydroxylation is 1. The van der Waals surface area contributed by atoms with Crippen LogP contribution in [0.15, 0.2) is 83.7 Å². The van der Waals surface area contributed by atoms with E-state index in [2.05, 4.69) is 15.8 Å². The van der Waals surface area contributed by atoms with Crippen LogP contribution in [0.4, 0.5) is 5.69 Å². The van der Waals surface area contributed by atoms with Crippen LogP contribution in [0.25, 0.3) is 6.08 Å². The fourth-order valence-corrected chi connectivity index (χ4v) is 2.80. The first-order valence-corrected chi connectivity index (χ1v) is 9.74. The van der Waals surface area contributed by atoms with E-state index >= 15 is 0 Å². The number of aromatic nitrogens is 1. The molecule has 7 nitrogen and oxygen atoms in total. The van der Waals surface area contributed by atoms with Gasteiger partial charge in [0, 0.05) is 38.6 Å². The van der Waals surface area contributed by atoms with Gasteiger partial charge >= 0.3 is 0 Å². The Labute approximate surface area is 181 Å². The first-order chi connectivity index (χ1) is 14.9. The summed E-state index contributed by atoms with van der Waals surface area (Å²) in [6, 6.07) is 20.1. The lowest BCUT2D eigenvalue weighted by Crippen LogP contribution is -2.32. The Kier molecular flexibility index (Phi) is 7.01. The molecular formula is C24H25N5O2. The first-order valence-electron chi connectivity index (χ1n) is 9.74. The molecule has 0 saturated carbocycles. The molecule has 0 bridgehead atoms. The standard InChI is InChI=1S/C24H25N5O2/c1-28(2)20-13-11-18(12-14-20)16-22(26-23(30)19-8-5-4-6-9-19)24(31)27-25-17-21-10-7-15-29(21)3/h4-17H,1-3H3,(H,26,30)(H,27,31)/b22-16+,25-17-. The van der Waals surface area contributed by atoms with Gasteiger partial charge in [0.1, 0.15) is 5.70 Å². The second-order valence-electron chi connectivity index (χ2n) is 7.11. The van der Waals surface area contributed by atoms with E-state index in [9.17, 15) is 9.59 Å². The van der Waals surface area contributed by atoms with Crippen LogP contribution >= 0.6 is 0 Å². The minimum atomic E-state index is -0.522. The molecule has 158 valence electrons. The van der Waals surface area contributed by atoms with Gasteiger partial charge in [-0.25, -0.2) is 5.43 Å². The number of nitrogens with zero attached hydrogens (tertiary/aromatic N) is 3. The molecule has 31 heavy (non-hydrogen) atoms. The van der Waals surface area contributed by atoms with Gasteiger partial charge in [-0.15, -0.1) is 0 Å². The summed E-state index contributed by atoms with van der Waals surface area (Å²) in [5.41, 5.74) is 5.67. The molecule has 0 aliphatic rings. The number of amides is 2. The molecular weight excluding hydrogens is 390 g/mol. The largest absolute Gasteiger partial charge is 0.378 e. The van der Waals surface area contributed by atoms with Crippen molar-refractivity contribution in [1.82, 2.24) is 15.3 Å². The molecule has 0 fully saturated rings. The average Bonchev–Trinajstić information content (AvgIpc) is 3.18. The van der Waals surface area contributed by atoms with Crippen molar-refractivity contribution in [2.45, 2.75) is 0 Å². The number of hydrazone groups is 1. The lowest BCUT2D eigenvalue weighted by Gasteiger charge is -2.12. The third kappa shape index (κ3) is 5.93. The number of nitrogens with one attached hydrogen (secondary N) is 2. The Balaban J connectivity index is 1.82. The maximum absolute atomic E-state index is 12.8. The zero-order valence-corrected chi connectivity index (χ0v) is 17.7. The molecule has 2 amide bonds. The number of benzene rings is 2. The van der Waals surface area contributed by atoms with Gasteiger partial charge in [0.05, 0.1) is 11.9 Å². The Morgan fingerprint density at radius 3 is 2.29 bits per heavy atom. The molecule has 0 saturated heterocycles. The molecule has 0 unspecified atom stereocenters. The number of anilines is 1. The van der Waals surface area contributed by atoms with Gasteiger partial charge in [-0.2, -0.15) is 5.10 Å². The van der Waals surface area contributed by atoms with Crippen LogP contribution in [0.2, 0.25) is 0 Å². The number of rotatable bonds is 7. The van der Waals surface area contributed by atoms with Gasteiger partial charge in [0.15, 0.2) is 0 Å². The minimum absolute atomic E-state index is 0.0930. The van der Waals surface area contributed by atoms with Gasteiger partial charge < -0.3 is 14.8 Å². The molecule has 2 N–H and O–H groups in total. The average molecular weight is 415 g/mol. The summed E-state index contributed by atoms with van der Waals surface area (Å²) in [5.74, 6) is -0.898. The predicted molar refractivity (Wildman–Crippen MR) is 124 cm³/mol. The van der Waals surface area contributed by atoms with Crippen LogP contribution in [0, 0.1) is 0 Å². The van der Waals surface area contributed by atoms with Crippen molar-refractivity contribution < 1.29 is 9.59 Å². The van der Waals surface area contributed by atoms with E-state index in [0.29, 0.717) is 5.56 Å². The topological polar surface area (TPSA) is 78.7 Å². The van der Waals surface area contributed by atoms with E-state index in [4.69, 9.17) is 0 Å². The maximum Gasteiger partial charge on any atom is 0.287 e. The third-order valence-electron chi connectivity index (χ3n) is 4.60. The Morgan fingerprint density at radius 1 is 0.968 bits per heavy atom. The SMILES string of the molecule is CN(C)c1ccc(/C=C(/NC(=O)c2ccccc2)C(=O)N/N=C\c2cccn2C)cc1. The van der Waals surface area contributed by atoms with Crippen molar-refractivity contribution in [3.63, 3.8) is 0 Å². The summed E-state index contributed by atoms with van der Waals surface area (Å²) in [6.07, 6.45) is 5.04. The fraction of sp³-hybridized carbons (Fsp3) is 0.125. The first kappa shape index (κ1) is 21.6. The van der Waals surface area contributed by atoms with E-state index in [-0.39, 0.29) is 11.6 Å². The van der Waals surface area contributed by atoms with E-state index < -0.39 is 5.91 Å². The molecule has 3 rings (SSSR count). The van der Waals surface area contributed by atoms with Gasteiger partial charge in [-0.3, -0.25) is 9.59 Å². The highest BCUT2D eigenvalue weighted by atomic mass is 16.2. The molecule has 1 aromatic heterocycles. The lowest BCUT2D eigenvalue weighted by atomic mass is 10.1.